The standard InChI is InChI=1S/C13H18BrFN2O2S/c1-2-3-9-4-5-17(8-9)20(18,19)12-7-10(16)6-11(14)13(12)15/h6-7,9H,2-5,8,16H2,1H3. The van der Waals surface area contributed by atoms with E-state index in [2.05, 4.69) is 22.9 Å². The molecule has 0 aliphatic carbocycles. The Balaban J connectivity index is 2.32. The van der Waals surface area contributed by atoms with Gasteiger partial charge in [-0.05, 0) is 46.8 Å². The van der Waals surface area contributed by atoms with Gasteiger partial charge in [-0.3, -0.25) is 0 Å². The van der Waals surface area contributed by atoms with E-state index in [0.29, 0.717) is 19.0 Å². The average Bonchev–Trinajstić information content (AvgIpc) is 2.83. The third-order valence-electron chi connectivity index (χ3n) is 3.58. The van der Waals surface area contributed by atoms with Crippen LogP contribution in [-0.4, -0.2) is 25.8 Å². The molecule has 0 amide bonds. The maximum absolute atomic E-state index is 14.1. The van der Waals surface area contributed by atoms with E-state index in [-0.39, 0.29) is 15.1 Å². The third-order valence-corrected chi connectivity index (χ3v) is 6.02. The molecule has 1 unspecified atom stereocenters. The molecule has 1 aliphatic heterocycles. The van der Waals surface area contributed by atoms with E-state index in [1.54, 1.807) is 0 Å². The zero-order valence-electron chi connectivity index (χ0n) is 11.3. The van der Waals surface area contributed by atoms with Gasteiger partial charge in [0.05, 0.1) is 4.47 Å². The van der Waals surface area contributed by atoms with Crippen molar-refractivity contribution in [3.63, 3.8) is 0 Å². The van der Waals surface area contributed by atoms with Crippen molar-refractivity contribution in [1.82, 2.24) is 4.31 Å². The number of hydrogen-bond donors (Lipinski definition) is 1. The van der Waals surface area contributed by atoms with Crippen molar-refractivity contribution >= 4 is 31.6 Å². The van der Waals surface area contributed by atoms with Crippen LogP contribution in [0.2, 0.25) is 0 Å². The maximum Gasteiger partial charge on any atom is 0.246 e. The zero-order chi connectivity index (χ0) is 14.9. The predicted octanol–water partition coefficient (Wildman–Crippen LogP) is 2.98. The zero-order valence-corrected chi connectivity index (χ0v) is 13.7. The van der Waals surface area contributed by atoms with Crippen LogP contribution in [0.3, 0.4) is 0 Å². The fraction of sp³-hybridized carbons (Fsp3) is 0.538. The molecule has 0 radical (unpaired) electrons. The van der Waals surface area contributed by atoms with Crippen LogP contribution in [0.15, 0.2) is 21.5 Å². The van der Waals surface area contributed by atoms with Gasteiger partial charge in [0.1, 0.15) is 4.90 Å². The second-order valence-electron chi connectivity index (χ2n) is 5.12. The van der Waals surface area contributed by atoms with E-state index >= 15 is 0 Å². The van der Waals surface area contributed by atoms with Gasteiger partial charge in [0, 0.05) is 18.8 Å². The monoisotopic (exact) mass is 364 g/mol. The molecule has 2 rings (SSSR count). The molecule has 0 aromatic heterocycles. The van der Waals surface area contributed by atoms with Crippen LogP contribution < -0.4 is 5.73 Å². The average molecular weight is 365 g/mol. The third kappa shape index (κ3) is 2.99. The molecule has 1 fully saturated rings. The number of nitrogens with two attached hydrogens (primary N) is 1. The molecule has 0 bridgehead atoms. The molecule has 0 spiro atoms. The first kappa shape index (κ1) is 15.7. The summed E-state index contributed by atoms with van der Waals surface area (Å²) >= 11 is 3.00. The van der Waals surface area contributed by atoms with Crippen molar-refractivity contribution in [2.45, 2.75) is 31.1 Å². The number of halogens is 2. The minimum Gasteiger partial charge on any atom is -0.399 e. The SMILES string of the molecule is CCCC1CCN(S(=O)(=O)c2cc(N)cc(Br)c2F)C1. The summed E-state index contributed by atoms with van der Waals surface area (Å²) in [5.74, 6) is -0.416. The Morgan fingerprint density at radius 1 is 1.50 bits per heavy atom. The van der Waals surface area contributed by atoms with Crippen molar-refractivity contribution in [3.8, 4) is 0 Å². The van der Waals surface area contributed by atoms with Gasteiger partial charge < -0.3 is 5.73 Å². The molecule has 1 heterocycles. The Kier molecular flexibility index (Phi) is 4.71. The summed E-state index contributed by atoms with van der Waals surface area (Å²) in [5.41, 5.74) is 5.84. The molecule has 7 heteroatoms. The second kappa shape index (κ2) is 5.99. The van der Waals surface area contributed by atoms with Crippen molar-refractivity contribution < 1.29 is 12.8 Å². The van der Waals surface area contributed by atoms with Crippen LogP contribution in [0.4, 0.5) is 10.1 Å². The molecule has 1 atom stereocenters. The molecular weight excluding hydrogens is 347 g/mol. The number of sulfonamides is 1. The van der Waals surface area contributed by atoms with Gasteiger partial charge in [-0.2, -0.15) is 4.31 Å². The number of anilines is 1. The Bertz CT molecular complexity index is 607. The van der Waals surface area contributed by atoms with Gasteiger partial charge in [-0.1, -0.05) is 13.3 Å². The highest BCUT2D eigenvalue weighted by Gasteiger charge is 2.34. The minimum absolute atomic E-state index is 0.0698. The smallest absolute Gasteiger partial charge is 0.246 e. The van der Waals surface area contributed by atoms with Gasteiger partial charge in [0.15, 0.2) is 5.82 Å². The highest BCUT2D eigenvalue weighted by molar-refractivity contribution is 9.10. The molecule has 1 aliphatic rings. The summed E-state index contributed by atoms with van der Waals surface area (Å²) in [5, 5.41) is 0. The summed E-state index contributed by atoms with van der Waals surface area (Å²) in [7, 11) is -3.82. The summed E-state index contributed by atoms with van der Waals surface area (Å²) in [4.78, 5) is -0.346. The fourth-order valence-corrected chi connectivity index (χ4v) is 4.83. The van der Waals surface area contributed by atoms with Crippen LogP contribution in [0.25, 0.3) is 0 Å². The Labute approximate surface area is 127 Å². The van der Waals surface area contributed by atoms with E-state index in [1.807, 2.05) is 0 Å². The number of hydrogen-bond acceptors (Lipinski definition) is 3. The van der Waals surface area contributed by atoms with Crippen LogP contribution >= 0.6 is 15.9 Å². The van der Waals surface area contributed by atoms with Crippen LogP contribution in [0.5, 0.6) is 0 Å². The van der Waals surface area contributed by atoms with Gasteiger partial charge in [0.25, 0.3) is 0 Å². The highest BCUT2D eigenvalue weighted by Crippen LogP contribution is 2.31. The largest absolute Gasteiger partial charge is 0.399 e. The first-order chi connectivity index (χ1) is 9.36. The molecular formula is C13H18BrFN2O2S. The lowest BCUT2D eigenvalue weighted by Gasteiger charge is -2.17. The molecule has 0 saturated carbocycles. The molecule has 112 valence electrons. The van der Waals surface area contributed by atoms with E-state index < -0.39 is 15.8 Å². The van der Waals surface area contributed by atoms with Gasteiger partial charge in [0.2, 0.25) is 10.0 Å². The topological polar surface area (TPSA) is 63.4 Å². The number of nitrogen functional groups attached to an aromatic ring is 1. The lowest BCUT2D eigenvalue weighted by atomic mass is 10.0. The van der Waals surface area contributed by atoms with Gasteiger partial charge in [-0.25, -0.2) is 12.8 Å². The first-order valence-electron chi connectivity index (χ1n) is 6.61. The quantitative estimate of drug-likeness (QED) is 0.835. The first-order valence-corrected chi connectivity index (χ1v) is 8.84. The Hall–Kier alpha value is -0.660. The predicted molar refractivity (Wildman–Crippen MR) is 80.3 cm³/mol. The number of rotatable bonds is 4. The lowest BCUT2D eigenvalue weighted by Crippen LogP contribution is -2.29. The second-order valence-corrected chi connectivity index (χ2v) is 7.88. The van der Waals surface area contributed by atoms with Crippen molar-refractivity contribution in [2.24, 2.45) is 5.92 Å². The van der Waals surface area contributed by atoms with Gasteiger partial charge >= 0.3 is 0 Å². The highest BCUT2D eigenvalue weighted by atomic mass is 79.9. The molecule has 2 N–H and O–H groups in total. The van der Waals surface area contributed by atoms with Crippen molar-refractivity contribution in [2.75, 3.05) is 18.8 Å². The van der Waals surface area contributed by atoms with E-state index in [4.69, 9.17) is 5.73 Å². The molecule has 1 aromatic carbocycles. The fourth-order valence-electron chi connectivity index (χ4n) is 2.57. The molecule has 4 nitrogen and oxygen atoms in total. The van der Waals surface area contributed by atoms with E-state index in [0.717, 1.165) is 19.3 Å². The maximum atomic E-state index is 14.1. The van der Waals surface area contributed by atoms with Crippen molar-refractivity contribution in [3.05, 3.63) is 22.4 Å². The molecule has 20 heavy (non-hydrogen) atoms. The van der Waals surface area contributed by atoms with E-state index in [9.17, 15) is 12.8 Å². The van der Waals surface area contributed by atoms with Crippen LogP contribution in [0, 0.1) is 11.7 Å². The normalized spacial score (nSPS) is 20.4. The summed E-state index contributed by atoms with van der Waals surface area (Å²) in [6.07, 6.45) is 2.85. The van der Waals surface area contributed by atoms with Crippen molar-refractivity contribution in [1.29, 1.82) is 0 Å². The van der Waals surface area contributed by atoms with E-state index in [1.165, 1.54) is 16.4 Å². The van der Waals surface area contributed by atoms with Crippen LogP contribution in [-0.2, 0) is 10.0 Å². The number of nitrogens with zero attached hydrogens (tertiary/aromatic N) is 1. The Morgan fingerprint density at radius 3 is 2.85 bits per heavy atom. The number of benzene rings is 1. The summed E-state index contributed by atoms with van der Waals surface area (Å²) in [6.45, 7) is 2.98. The van der Waals surface area contributed by atoms with Crippen LogP contribution in [0.1, 0.15) is 26.2 Å². The molecule has 1 aromatic rings. The lowest BCUT2D eigenvalue weighted by molar-refractivity contribution is 0.440. The van der Waals surface area contributed by atoms with Gasteiger partial charge in [-0.15, -0.1) is 0 Å². The summed E-state index contributed by atoms with van der Waals surface area (Å²) < 4.78 is 40.5. The summed E-state index contributed by atoms with van der Waals surface area (Å²) in [6, 6.07) is 2.54. The molecule has 1 saturated heterocycles. The minimum atomic E-state index is -3.82. The Morgan fingerprint density at radius 2 is 2.20 bits per heavy atom.